The van der Waals surface area contributed by atoms with Crippen LogP contribution in [0.3, 0.4) is 0 Å². The van der Waals surface area contributed by atoms with E-state index in [9.17, 15) is 23.3 Å². The van der Waals surface area contributed by atoms with E-state index in [2.05, 4.69) is 10.6 Å². The van der Waals surface area contributed by atoms with Crippen molar-refractivity contribution in [3.05, 3.63) is 34.4 Å². The predicted molar refractivity (Wildman–Crippen MR) is 86.0 cm³/mol. The first-order valence-corrected chi connectivity index (χ1v) is 9.16. The van der Waals surface area contributed by atoms with E-state index in [0.29, 0.717) is 18.5 Å². The summed E-state index contributed by atoms with van der Waals surface area (Å²) in [6.07, 6.45) is 1.33. The Labute approximate surface area is 134 Å². The zero-order valence-electron chi connectivity index (χ0n) is 12.5. The van der Waals surface area contributed by atoms with Crippen molar-refractivity contribution >= 4 is 27.1 Å². The van der Waals surface area contributed by atoms with Gasteiger partial charge in [-0.1, -0.05) is 12.1 Å². The predicted octanol–water partition coefficient (Wildman–Crippen LogP) is 1.09. The molecule has 0 bridgehead atoms. The highest BCUT2D eigenvalue weighted by molar-refractivity contribution is 7.91. The van der Waals surface area contributed by atoms with Gasteiger partial charge in [-0.2, -0.15) is 0 Å². The maximum Gasteiger partial charge on any atom is 0.292 e. The lowest BCUT2D eigenvalue weighted by Crippen LogP contribution is -2.43. The first kappa shape index (κ1) is 17.2. The maximum atomic E-state index is 11.9. The highest BCUT2D eigenvalue weighted by Gasteiger charge is 2.25. The number of nitro groups is 1. The number of sulfone groups is 1. The van der Waals surface area contributed by atoms with Crippen LogP contribution in [0.25, 0.3) is 0 Å². The normalized spacial score (nSPS) is 19.7. The number of carbonyl (C=O) groups is 1. The van der Waals surface area contributed by atoms with Gasteiger partial charge in [-0.3, -0.25) is 14.9 Å². The van der Waals surface area contributed by atoms with Crippen LogP contribution < -0.4 is 10.6 Å². The monoisotopic (exact) mass is 341 g/mol. The fourth-order valence-corrected chi connectivity index (χ4v) is 4.17. The van der Waals surface area contributed by atoms with Crippen molar-refractivity contribution in [2.24, 2.45) is 0 Å². The van der Waals surface area contributed by atoms with Gasteiger partial charge >= 0.3 is 0 Å². The van der Waals surface area contributed by atoms with Gasteiger partial charge in [0.15, 0.2) is 9.84 Å². The minimum Gasteiger partial charge on any atom is -0.379 e. The van der Waals surface area contributed by atoms with Gasteiger partial charge in [0, 0.05) is 25.1 Å². The number of para-hydroxylation sites is 2. The number of amides is 1. The molecule has 0 aromatic heterocycles. The lowest BCUT2D eigenvalue weighted by atomic mass is 10.2. The second-order valence-electron chi connectivity index (χ2n) is 5.47. The Hall–Kier alpha value is -2.16. The Bertz CT molecular complexity index is 689. The molecule has 0 saturated carbocycles. The van der Waals surface area contributed by atoms with Crippen LogP contribution in [0.15, 0.2) is 24.3 Å². The van der Waals surface area contributed by atoms with E-state index in [-0.39, 0.29) is 42.1 Å². The zero-order chi connectivity index (χ0) is 16.9. The topological polar surface area (TPSA) is 118 Å². The smallest absolute Gasteiger partial charge is 0.292 e. The van der Waals surface area contributed by atoms with E-state index in [1.165, 1.54) is 6.07 Å². The highest BCUT2D eigenvalue weighted by Crippen LogP contribution is 2.22. The molecule has 1 saturated heterocycles. The van der Waals surface area contributed by atoms with Crippen molar-refractivity contribution in [3.8, 4) is 0 Å². The summed E-state index contributed by atoms with van der Waals surface area (Å²) in [5.41, 5.74) is 0.303. The van der Waals surface area contributed by atoms with Crippen molar-refractivity contribution < 1.29 is 18.1 Å². The molecule has 23 heavy (non-hydrogen) atoms. The summed E-state index contributed by atoms with van der Waals surface area (Å²) in [6.45, 7) is 0.232. The third kappa shape index (κ3) is 5.20. The number of nitrogens with zero attached hydrogens (tertiary/aromatic N) is 1. The first-order chi connectivity index (χ1) is 10.9. The summed E-state index contributed by atoms with van der Waals surface area (Å²) in [6, 6.07) is 5.85. The summed E-state index contributed by atoms with van der Waals surface area (Å²) in [5, 5.41) is 16.4. The van der Waals surface area contributed by atoms with E-state index < -0.39 is 14.8 Å². The average Bonchev–Trinajstić information content (AvgIpc) is 2.46. The SMILES string of the molecule is O=C(CCNc1ccccc1[N+](=O)[O-])NC1CCCS(=O)(=O)C1. The van der Waals surface area contributed by atoms with Crippen molar-refractivity contribution in [1.29, 1.82) is 0 Å². The molecule has 2 N–H and O–H groups in total. The number of nitrogens with one attached hydrogen (secondary N) is 2. The molecular formula is C14H19N3O5S. The van der Waals surface area contributed by atoms with Gasteiger partial charge in [0.05, 0.1) is 16.4 Å². The number of carbonyl (C=O) groups excluding carboxylic acids is 1. The quantitative estimate of drug-likeness (QED) is 0.590. The largest absolute Gasteiger partial charge is 0.379 e. The number of benzene rings is 1. The van der Waals surface area contributed by atoms with E-state index in [1.54, 1.807) is 18.2 Å². The van der Waals surface area contributed by atoms with Gasteiger partial charge in [-0.15, -0.1) is 0 Å². The zero-order valence-corrected chi connectivity index (χ0v) is 13.3. The van der Waals surface area contributed by atoms with E-state index in [0.717, 1.165) is 0 Å². The third-order valence-corrected chi connectivity index (χ3v) is 5.42. The van der Waals surface area contributed by atoms with Crippen LogP contribution in [-0.2, 0) is 14.6 Å². The van der Waals surface area contributed by atoms with Crippen LogP contribution in [0, 0.1) is 10.1 Å². The average molecular weight is 341 g/mol. The van der Waals surface area contributed by atoms with Gasteiger partial charge in [0.1, 0.15) is 5.69 Å². The van der Waals surface area contributed by atoms with Crippen molar-refractivity contribution in [1.82, 2.24) is 5.32 Å². The molecule has 126 valence electrons. The van der Waals surface area contributed by atoms with E-state index in [1.807, 2.05) is 0 Å². The van der Waals surface area contributed by atoms with Crippen LogP contribution in [-0.4, -0.2) is 43.3 Å². The van der Waals surface area contributed by atoms with Gasteiger partial charge in [-0.25, -0.2) is 8.42 Å². The third-order valence-electron chi connectivity index (χ3n) is 3.60. The molecule has 0 spiro atoms. The highest BCUT2D eigenvalue weighted by atomic mass is 32.2. The summed E-state index contributed by atoms with van der Waals surface area (Å²) in [7, 11) is -3.06. The lowest BCUT2D eigenvalue weighted by molar-refractivity contribution is -0.384. The summed E-state index contributed by atoms with van der Waals surface area (Å²) < 4.78 is 23.0. The molecule has 1 unspecified atom stereocenters. The van der Waals surface area contributed by atoms with E-state index in [4.69, 9.17) is 0 Å². The second-order valence-corrected chi connectivity index (χ2v) is 7.70. The molecule has 0 aliphatic carbocycles. The molecular weight excluding hydrogens is 322 g/mol. The fraction of sp³-hybridized carbons (Fsp3) is 0.500. The van der Waals surface area contributed by atoms with Crippen molar-refractivity contribution in [2.45, 2.75) is 25.3 Å². The van der Waals surface area contributed by atoms with E-state index >= 15 is 0 Å². The number of nitro benzene ring substituents is 1. The molecule has 1 amide bonds. The van der Waals surface area contributed by atoms with Crippen LogP contribution in [0.4, 0.5) is 11.4 Å². The van der Waals surface area contributed by atoms with Gasteiger partial charge in [0.2, 0.25) is 5.91 Å². The summed E-state index contributed by atoms with van der Waals surface area (Å²) in [4.78, 5) is 22.2. The van der Waals surface area contributed by atoms with Crippen LogP contribution in [0.5, 0.6) is 0 Å². The minimum absolute atomic E-state index is 0.0175. The first-order valence-electron chi connectivity index (χ1n) is 7.34. The van der Waals surface area contributed by atoms with Crippen LogP contribution in [0.1, 0.15) is 19.3 Å². The molecule has 1 aromatic rings. The molecule has 0 radical (unpaired) electrons. The molecule has 1 fully saturated rings. The standard InChI is InChI=1S/C14H19N3O5S/c18-14(16-11-4-3-9-23(21,22)10-11)7-8-15-12-5-1-2-6-13(12)17(19)20/h1-2,5-6,11,15H,3-4,7-10H2,(H,16,18). The maximum absolute atomic E-state index is 11.9. The minimum atomic E-state index is -3.06. The second kappa shape index (κ2) is 7.40. The molecule has 1 heterocycles. The summed E-state index contributed by atoms with van der Waals surface area (Å²) >= 11 is 0. The Morgan fingerprint density at radius 2 is 2.09 bits per heavy atom. The molecule has 1 aliphatic rings. The Morgan fingerprint density at radius 3 is 2.78 bits per heavy atom. The Kier molecular flexibility index (Phi) is 5.54. The Morgan fingerprint density at radius 1 is 1.35 bits per heavy atom. The molecule has 8 nitrogen and oxygen atoms in total. The lowest BCUT2D eigenvalue weighted by Gasteiger charge is -2.23. The van der Waals surface area contributed by atoms with Crippen molar-refractivity contribution in [3.63, 3.8) is 0 Å². The Balaban J connectivity index is 1.80. The van der Waals surface area contributed by atoms with Crippen LogP contribution >= 0.6 is 0 Å². The molecule has 1 aromatic carbocycles. The number of rotatable bonds is 6. The number of anilines is 1. The molecule has 2 rings (SSSR count). The van der Waals surface area contributed by atoms with Gasteiger partial charge in [-0.05, 0) is 18.9 Å². The van der Waals surface area contributed by atoms with Crippen molar-refractivity contribution in [2.75, 3.05) is 23.4 Å². The van der Waals surface area contributed by atoms with Gasteiger partial charge < -0.3 is 10.6 Å². The van der Waals surface area contributed by atoms with Crippen LogP contribution in [0.2, 0.25) is 0 Å². The number of hydrogen-bond donors (Lipinski definition) is 2. The molecule has 1 aliphatic heterocycles. The molecule has 9 heteroatoms. The summed E-state index contributed by atoms with van der Waals surface area (Å²) in [5.74, 6) is -0.104. The fourth-order valence-electron chi connectivity index (χ4n) is 2.53. The molecule has 1 atom stereocenters. The number of hydrogen-bond acceptors (Lipinski definition) is 6. The van der Waals surface area contributed by atoms with Gasteiger partial charge in [0.25, 0.3) is 5.69 Å².